The molecule has 1 heterocycles. The molecule has 0 aliphatic rings. The molecule has 0 radical (unpaired) electrons. The van der Waals surface area contributed by atoms with E-state index in [4.69, 9.17) is 0 Å². The molecule has 136 valence electrons. The molecule has 5 nitrogen and oxygen atoms in total. The van der Waals surface area contributed by atoms with E-state index in [1.807, 2.05) is 49.7 Å². The highest BCUT2D eigenvalue weighted by atomic mass is 79.9. The van der Waals surface area contributed by atoms with E-state index < -0.39 is 0 Å². The van der Waals surface area contributed by atoms with E-state index >= 15 is 0 Å². The first kappa shape index (κ1) is 19.5. The van der Waals surface area contributed by atoms with Gasteiger partial charge in [0.15, 0.2) is 0 Å². The molecule has 1 aromatic heterocycles. The number of carbonyl (C=O) groups is 1. The van der Waals surface area contributed by atoms with Crippen LogP contribution in [0.2, 0.25) is 0 Å². The summed E-state index contributed by atoms with van der Waals surface area (Å²) in [6, 6.07) is 8.01. The summed E-state index contributed by atoms with van der Waals surface area (Å²) < 4.78 is 2.89. The van der Waals surface area contributed by atoms with Gasteiger partial charge in [-0.25, -0.2) is 0 Å². The van der Waals surface area contributed by atoms with E-state index in [9.17, 15) is 4.79 Å². The summed E-state index contributed by atoms with van der Waals surface area (Å²) in [6.45, 7) is 12.6. The molecule has 1 amide bonds. The van der Waals surface area contributed by atoms with Crippen LogP contribution in [0.5, 0.6) is 0 Å². The molecule has 0 saturated heterocycles. The first-order chi connectivity index (χ1) is 11.9. The first-order valence-electron chi connectivity index (χ1n) is 8.72. The van der Waals surface area contributed by atoms with Crippen LogP contribution in [0.15, 0.2) is 28.7 Å². The maximum Gasteiger partial charge on any atom is 0.229 e. The number of aryl methyl sites for hydroxylation is 1. The molecule has 0 bridgehead atoms. The Kier molecular flexibility index (Phi) is 6.64. The molecule has 0 spiro atoms. The average molecular weight is 407 g/mol. The number of nitrogens with zero attached hydrogens (tertiary/aromatic N) is 3. The van der Waals surface area contributed by atoms with Crippen LogP contribution in [0.3, 0.4) is 0 Å². The van der Waals surface area contributed by atoms with Crippen molar-refractivity contribution in [1.82, 2.24) is 9.78 Å². The predicted octanol–water partition coefficient (Wildman–Crippen LogP) is 4.38. The second-order valence-corrected chi connectivity index (χ2v) is 7.07. The quantitative estimate of drug-likeness (QED) is 0.741. The molecule has 6 heteroatoms. The first-order valence-corrected chi connectivity index (χ1v) is 9.52. The number of aromatic nitrogens is 2. The Morgan fingerprint density at radius 2 is 1.84 bits per heavy atom. The number of amides is 1. The van der Waals surface area contributed by atoms with E-state index in [2.05, 4.69) is 45.1 Å². The fourth-order valence-electron chi connectivity index (χ4n) is 2.80. The lowest BCUT2D eigenvalue weighted by Gasteiger charge is -2.21. The number of rotatable bonds is 7. The van der Waals surface area contributed by atoms with Gasteiger partial charge in [0.2, 0.25) is 5.91 Å². The zero-order valence-electron chi connectivity index (χ0n) is 15.6. The highest BCUT2D eigenvalue weighted by molar-refractivity contribution is 9.10. The molecule has 1 aromatic carbocycles. The second-order valence-electron chi connectivity index (χ2n) is 6.28. The fourth-order valence-corrected chi connectivity index (χ4v) is 3.09. The maximum atomic E-state index is 12.5. The number of carbonyl (C=O) groups excluding carboxylic acids is 1. The van der Waals surface area contributed by atoms with Gasteiger partial charge in [-0.05, 0) is 67.9 Å². The molecular weight excluding hydrogens is 380 g/mol. The normalized spacial score (nSPS) is 12.1. The minimum Gasteiger partial charge on any atom is -0.372 e. The van der Waals surface area contributed by atoms with E-state index in [0.717, 1.165) is 34.6 Å². The fraction of sp³-hybridized carbons (Fsp3) is 0.474. The number of benzene rings is 1. The molecule has 1 N–H and O–H groups in total. The molecule has 2 aromatic rings. The Morgan fingerprint density at radius 3 is 2.32 bits per heavy atom. The van der Waals surface area contributed by atoms with Crippen LogP contribution in [-0.2, 0) is 11.3 Å². The average Bonchev–Trinajstić information content (AvgIpc) is 2.84. The van der Waals surface area contributed by atoms with Crippen LogP contribution >= 0.6 is 15.9 Å². The molecule has 0 aliphatic carbocycles. The van der Waals surface area contributed by atoms with Crippen LogP contribution in [0.4, 0.5) is 11.4 Å². The SMILES string of the molecule is CCN(CC)c1ccc(NC(=O)C(C)Cn2nc(C)c(Br)c2C)cc1. The monoisotopic (exact) mass is 406 g/mol. The van der Waals surface area contributed by atoms with Gasteiger partial charge in [-0.3, -0.25) is 9.48 Å². The Bertz CT molecular complexity index is 720. The maximum absolute atomic E-state index is 12.5. The Morgan fingerprint density at radius 1 is 1.24 bits per heavy atom. The van der Waals surface area contributed by atoms with E-state index in [0.29, 0.717) is 6.54 Å². The van der Waals surface area contributed by atoms with E-state index in [1.165, 1.54) is 5.69 Å². The van der Waals surface area contributed by atoms with Crippen molar-refractivity contribution < 1.29 is 4.79 Å². The van der Waals surface area contributed by atoms with Gasteiger partial charge < -0.3 is 10.2 Å². The lowest BCUT2D eigenvalue weighted by Crippen LogP contribution is -2.25. The highest BCUT2D eigenvalue weighted by Gasteiger charge is 2.17. The van der Waals surface area contributed by atoms with Crippen LogP contribution in [0, 0.1) is 19.8 Å². The third-order valence-electron chi connectivity index (χ3n) is 4.45. The van der Waals surface area contributed by atoms with Gasteiger partial charge in [0.1, 0.15) is 0 Å². The van der Waals surface area contributed by atoms with Gasteiger partial charge in [0, 0.05) is 30.2 Å². The Labute approximate surface area is 158 Å². The highest BCUT2D eigenvalue weighted by Crippen LogP contribution is 2.21. The zero-order valence-corrected chi connectivity index (χ0v) is 17.2. The van der Waals surface area contributed by atoms with Gasteiger partial charge in [-0.2, -0.15) is 5.10 Å². The molecule has 0 fully saturated rings. The van der Waals surface area contributed by atoms with Crippen molar-refractivity contribution in [3.63, 3.8) is 0 Å². The van der Waals surface area contributed by atoms with Crippen LogP contribution < -0.4 is 10.2 Å². The third kappa shape index (κ3) is 4.63. The topological polar surface area (TPSA) is 50.2 Å². The van der Waals surface area contributed by atoms with Gasteiger partial charge in [0.05, 0.1) is 22.6 Å². The van der Waals surface area contributed by atoms with Crippen molar-refractivity contribution in [3.8, 4) is 0 Å². The smallest absolute Gasteiger partial charge is 0.229 e. The van der Waals surface area contributed by atoms with E-state index in [1.54, 1.807) is 0 Å². The molecule has 0 saturated carbocycles. The minimum absolute atomic E-state index is 0.000681. The van der Waals surface area contributed by atoms with Crippen molar-refractivity contribution in [2.45, 2.75) is 41.2 Å². The predicted molar refractivity (Wildman–Crippen MR) is 107 cm³/mol. The molecule has 1 unspecified atom stereocenters. The summed E-state index contributed by atoms with van der Waals surface area (Å²) in [7, 11) is 0. The summed E-state index contributed by atoms with van der Waals surface area (Å²) in [6.07, 6.45) is 0. The van der Waals surface area contributed by atoms with Crippen molar-refractivity contribution >= 4 is 33.2 Å². The summed E-state index contributed by atoms with van der Waals surface area (Å²) in [4.78, 5) is 14.7. The van der Waals surface area contributed by atoms with Crippen molar-refractivity contribution in [2.75, 3.05) is 23.3 Å². The van der Waals surface area contributed by atoms with Crippen LogP contribution in [0.1, 0.15) is 32.2 Å². The summed E-state index contributed by atoms with van der Waals surface area (Å²) in [5.41, 5.74) is 3.98. The molecular formula is C19H27BrN4O. The lowest BCUT2D eigenvalue weighted by atomic mass is 10.1. The molecule has 1 atom stereocenters. The number of nitrogens with one attached hydrogen (secondary N) is 1. The molecule has 25 heavy (non-hydrogen) atoms. The minimum atomic E-state index is -0.174. The lowest BCUT2D eigenvalue weighted by molar-refractivity contribution is -0.119. The summed E-state index contributed by atoms with van der Waals surface area (Å²) >= 11 is 3.52. The number of hydrogen-bond acceptors (Lipinski definition) is 3. The largest absolute Gasteiger partial charge is 0.372 e. The van der Waals surface area contributed by atoms with Crippen LogP contribution in [-0.4, -0.2) is 28.8 Å². The summed E-state index contributed by atoms with van der Waals surface area (Å²) in [5.74, 6) is -0.174. The third-order valence-corrected chi connectivity index (χ3v) is 5.60. The molecule has 0 aliphatic heterocycles. The summed E-state index contributed by atoms with van der Waals surface area (Å²) in [5, 5.41) is 7.47. The number of halogens is 1. The van der Waals surface area contributed by atoms with E-state index in [-0.39, 0.29) is 11.8 Å². The standard InChI is InChI=1S/C19H27BrN4O/c1-6-23(7-2)17-10-8-16(9-11-17)21-19(25)13(3)12-24-15(5)18(20)14(4)22-24/h8-11,13H,6-7,12H2,1-5H3,(H,21,25). The Balaban J connectivity index is 2.00. The number of anilines is 2. The van der Waals surface area contributed by atoms with Gasteiger partial charge in [-0.15, -0.1) is 0 Å². The van der Waals surface area contributed by atoms with Crippen molar-refractivity contribution in [1.29, 1.82) is 0 Å². The van der Waals surface area contributed by atoms with Gasteiger partial charge in [0.25, 0.3) is 0 Å². The van der Waals surface area contributed by atoms with Gasteiger partial charge in [-0.1, -0.05) is 6.92 Å². The van der Waals surface area contributed by atoms with Gasteiger partial charge >= 0.3 is 0 Å². The number of hydrogen-bond donors (Lipinski definition) is 1. The van der Waals surface area contributed by atoms with Crippen molar-refractivity contribution in [2.24, 2.45) is 5.92 Å². The second kappa shape index (κ2) is 8.52. The van der Waals surface area contributed by atoms with Crippen LogP contribution in [0.25, 0.3) is 0 Å². The Hall–Kier alpha value is -1.82. The zero-order chi connectivity index (χ0) is 18.6. The van der Waals surface area contributed by atoms with Crippen molar-refractivity contribution in [3.05, 3.63) is 40.1 Å². The molecule has 2 rings (SSSR count).